The van der Waals surface area contributed by atoms with Gasteiger partial charge in [0, 0.05) is 40.7 Å². The molecule has 2 N–H and O–H groups in total. The summed E-state index contributed by atoms with van der Waals surface area (Å²) < 4.78 is 28.9. The van der Waals surface area contributed by atoms with Crippen molar-refractivity contribution < 1.29 is 8.78 Å². The molecule has 0 saturated carbocycles. The molecular weight excluding hydrogens is 460 g/mol. The Morgan fingerprint density at radius 1 is 1.65 bits per heavy atom. The SMILES string of the molecule is CCC1c2c(cc(NPI)c(C=N)c2Br)CCC1(F)F. The van der Waals surface area contributed by atoms with Crippen LogP contribution >= 0.6 is 44.3 Å². The van der Waals surface area contributed by atoms with Crippen LogP contribution in [-0.2, 0) is 6.42 Å². The highest BCUT2D eigenvalue weighted by atomic mass is 127. The average Bonchev–Trinajstić information content (AvgIpc) is 2.40. The largest absolute Gasteiger partial charge is 0.358 e. The number of hydrogen-bond acceptors (Lipinski definition) is 2. The first-order chi connectivity index (χ1) is 9.46. The second-order valence-electron chi connectivity index (χ2n) is 4.81. The van der Waals surface area contributed by atoms with Crippen molar-refractivity contribution in [1.29, 1.82) is 5.41 Å². The maximum absolute atomic E-state index is 14.1. The number of nitrogens with one attached hydrogen (secondary N) is 2. The summed E-state index contributed by atoms with van der Waals surface area (Å²) in [5.41, 5.74) is 3.16. The lowest BCUT2D eigenvalue weighted by atomic mass is 9.77. The van der Waals surface area contributed by atoms with E-state index in [9.17, 15) is 8.78 Å². The molecule has 0 amide bonds. The van der Waals surface area contributed by atoms with Crippen LogP contribution in [0.25, 0.3) is 0 Å². The molecule has 0 spiro atoms. The highest BCUT2D eigenvalue weighted by molar-refractivity contribution is 14.2. The van der Waals surface area contributed by atoms with Crippen LogP contribution in [0.3, 0.4) is 0 Å². The Bertz CT molecular complexity index is 540. The van der Waals surface area contributed by atoms with Gasteiger partial charge < -0.3 is 10.5 Å². The van der Waals surface area contributed by atoms with Gasteiger partial charge in [0.2, 0.25) is 0 Å². The summed E-state index contributed by atoms with van der Waals surface area (Å²) in [6, 6.07) is 1.93. The highest BCUT2D eigenvalue weighted by Gasteiger charge is 2.44. The topological polar surface area (TPSA) is 35.9 Å². The molecule has 1 aromatic rings. The number of halogens is 4. The van der Waals surface area contributed by atoms with Gasteiger partial charge in [0.25, 0.3) is 5.92 Å². The molecule has 0 aromatic heterocycles. The molecule has 2 rings (SSSR count). The minimum absolute atomic E-state index is 0.0964. The molecule has 2 unspecified atom stereocenters. The first-order valence-electron chi connectivity index (χ1n) is 6.31. The molecule has 2 nitrogen and oxygen atoms in total. The number of alkyl halides is 2. The molecule has 0 radical (unpaired) electrons. The van der Waals surface area contributed by atoms with Gasteiger partial charge in [0.15, 0.2) is 0 Å². The molecule has 110 valence electrons. The van der Waals surface area contributed by atoms with E-state index in [2.05, 4.69) is 43.1 Å². The number of benzene rings is 1. The van der Waals surface area contributed by atoms with Crippen molar-refractivity contribution in [1.82, 2.24) is 0 Å². The summed E-state index contributed by atoms with van der Waals surface area (Å²) in [7, 11) is 0. The van der Waals surface area contributed by atoms with Gasteiger partial charge in [-0.3, -0.25) is 0 Å². The van der Waals surface area contributed by atoms with E-state index in [1.165, 1.54) is 6.21 Å². The van der Waals surface area contributed by atoms with Gasteiger partial charge in [0.1, 0.15) is 0 Å². The molecular formula is C13H15BrF2IN2P. The quantitative estimate of drug-likeness (QED) is 0.319. The maximum atomic E-state index is 14.1. The fourth-order valence-electron chi connectivity index (χ4n) is 2.80. The number of rotatable bonds is 4. The average molecular weight is 475 g/mol. The summed E-state index contributed by atoms with van der Waals surface area (Å²) in [5, 5.41) is 10.8. The maximum Gasteiger partial charge on any atom is 0.255 e. The third-order valence-corrected chi connectivity index (χ3v) is 5.78. The smallest absolute Gasteiger partial charge is 0.255 e. The Morgan fingerprint density at radius 3 is 2.90 bits per heavy atom. The number of aryl methyl sites for hydroxylation is 1. The Labute approximate surface area is 140 Å². The minimum atomic E-state index is -2.66. The lowest BCUT2D eigenvalue weighted by Gasteiger charge is -2.34. The van der Waals surface area contributed by atoms with Crippen molar-refractivity contribution in [2.45, 2.75) is 38.0 Å². The lowest BCUT2D eigenvalue weighted by molar-refractivity contribution is -0.0428. The van der Waals surface area contributed by atoms with Gasteiger partial charge in [-0.15, -0.1) is 0 Å². The number of fused-ring (bicyclic) bond motifs is 1. The van der Waals surface area contributed by atoms with E-state index in [4.69, 9.17) is 5.41 Å². The van der Waals surface area contributed by atoms with Gasteiger partial charge in [0.05, 0.1) is 0 Å². The molecule has 0 fully saturated rings. The molecule has 1 aliphatic carbocycles. The summed E-state index contributed by atoms with van der Waals surface area (Å²) in [6.07, 6.45) is 2.39. The fourth-order valence-corrected chi connectivity index (χ4v) is 4.84. The van der Waals surface area contributed by atoms with Crippen molar-refractivity contribution in [3.63, 3.8) is 0 Å². The monoisotopic (exact) mass is 474 g/mol. The molecule has 2 atom stereocenters. The van der Waals surface area contributed by atoms with Crippen LogP contribution in [-0.4, -0.2) is 12.1 Å². The minimum Gasteiger partial charge on any atom is -0.358 e. The fraction of sp³-hybridized carbons (Fsp3) is 0.462. The zero-order valence-electron chi connectivity index (χ0n) is 10.9. The van der Waals surface area contributed by atoms with Crippen molar-refractivity contribution in [2.24, 2.45) is 0 Å². The molecule has 1 aromatic carbocycles. The lowest BCUT2D eigenvalue weighted by Crippen LogP contribution is -2.32. The Balaban J connectivity index is 2.64. The number of anilines is 1. The molecule has 0 aliphatic heterocycles. The molecule has 0 saturated heterocycles. The summed E-state index contributed by atoms with van der Waals surface area (Å²) >= 11 is 5.67. The predicted octanol–water partition coefficient (Wildman–Crippen LogP) is 5.88. The van der Waals surface area contributed by atoms with E-state index >= 15 is 0 Å². The van der Waals surface area contributed by atoms with Crippen LogP contribution in [0.15, 0.2) is 10.5 Å². The van der Waals surface area contributed by atoms with Crippen molar-refractivity contribution in [2.75, 3.05) is 5.09 Å². The van der Waals surface area contributed by atoms with Crippen LogP contribution < -0.4 is 5.09 Å². The summed E-state index contributed by atoms with van der Waals surface area (Å²) in [4.78, 5) is 0. The molecule has 7 heteroatoms. The second-order valence-corrected chi connectivity index (χ2v) is 7.66. The van der Waals surface area contributed by atoms with Gasteiger partial charge in [-0.05, 0) is 68.0 Å². The Morgan fingerprint density at radius 2 is 2.35 bits per heavy atom. The third kappa shape index (κ3) is 2.88. The normalized spacial score (nSPS) is 20.9. The van der Waals surface area contributed by atoms with Crippen LogP contribution in [0.1, 0.15) is 42.4 Å². The first-order valence-corrected chi connectivity index (χ1v) is 11.2. The van der Waals surface area contributed by atoms with E-state index in [-0.39, 0.29) is 6.42 Å². The van der Waals surface area contributed by atoms with E-state index in [0.29, 0.717) is 34.8 Å². The number of hydrogen-bond donors (Lipinski definition) is 2. The zero-order chi connectivity index (χ0) is 14.9. The predicted molar refractivity (Wildman–Crippen MR) is 94.3 cm³/mol. The van der Waals surface area contributed by atoms with E-state index in [0.717, 1.165) is 11.3 Å². The standard InChI is InChI=1S/C13H15BrF2IN2P/c1-2-9-11-7(3-4-13(9,15)16)5-10(19-20-17)8(6-18)12(11)14/h5-6,9,18-20H,2-4H2,1H3. The highest BCUT2D eigenvalue weighted by Crippen LogP contribution is 2.49. The van der Waals surface area contributed by atoms with Crippen molar-refractivity contribution in [3.05, 3.63) is 27.2 Å². The zero-order valence-corrected chi connectivity index (χ0v) is 15.6. The van der Waals surface area contributed by atoms with Gasteiger partial charge in [-0.1, -0.05) is 6.92 Å². The van der Waals surface area contributed by atoms with Gasteiger partial charge in [-0.25, -0.2) is 8.78 Å². The van der Waals surface area contributed by atoms with Crippen LogP contribution in [0.5, 0.6) is 0 Å². The van der Waals surface area contributed by atoms with E-state index in [1.807, 2.05) is 6.07 Å². The Kier molecular flexibility index (Phi) is 5.40. The summed E-state index contributed by atoms with van der Waals surface area (Å²) in [5.74, 6) is -3.43. The van der Waals surface area contributed by atoms with Gasteiger partial charge >= 0.3 is 0 Å². The van der Waals surface area contributed by atoms with Crippen LogP contribution in [0, 0.1) is 5.41 Å². The third-order valence-electron chi connectivity index (χ3n) is 3.75. The van der Waals surface area contributed by atoms with Crippen LogP contribution in [0.4, 0.5) is 14.5 Å². The van der Waals surface area contributed by atoms with Crippen molar-refractivity contribution >= 4 is 56.2 Å². The second kappa shape index (κ2) is 6.53. The van der Waals surface area contributed by atoms with Crippen molar-refractivity contribution in [3.8, 4) is 0 Å². The van der Waals surface area contributed by atoms with Gasteiger partial charge in [-0.2, -0.15) is 0 Å². The molecule has 20 heavy (non-hydrogen) atoms. The Hall–Kier alpha value is 0.190. The van der Waals surface area contributed by atoms with Crippen LogP contribution in [0.2, 0.25) is 0 Å². The first kappa shape index (κ1) is 16.6. The summed E-state index contributed by atoms with van der Waals surface area (Å²) in [6.45, 7) is 1.79. The van der Waals surface area contributed by atoms with E-state index in [1.54, 1.807) is 6.92 Å². The molecule has 0 heterocycles. The molecule has 0 bridgehead atoms. The molecule has 1 aliphatic rings. The van der Waals surface area contributed by atoms with E-state index < -0.39 is 11.8 Å².